The summed E-state index contributed by atoms with van der Waals surface area (Å²) < 4.78 is 2.39. The van der Waals surface area contributed by atoms with Gasteiger partial charge in [-0.15, -0.1) is 29.3 Å². The normalized spacial score (nSPS) is 15.4. The monoisotopic (exact) mass is 868 g/mol. The van der Waals surface area contributed by atoms with Crippen molar-refractivity contribution in [2.45, 2.75) is 70.1 Å². The average molecular weight is 868 g/mol. The van der Waals surface area contributed by atoms with E-state index in [4.69, 9.17) is 9.97 Å². The van der Waals surface area contributed by atoms with E-state index in [-0.39, 0.29) is 36.4 Å². The van der Waals surface area contributed by atoms with E-state index in [0.29, 0.717) is 0 Å². The summed E-state index contributed by atoms with van der Waals surface area (Å²) in [5, 5.41) is 3.47. The van der Waals surface area contributed by atoms with Crippen LogP contribution >= 0.6 is 0 Å². The van der Waals surface area contributed by atoms with Crippen molar-refractivity contribution < 1.29 is 20.1 Å². The first-order chi connectivity index (χ1) is 25.0. The van der Waals surface area contributed by atoms with Gasteiger partial charge in [-0.2, -0.15) is 66.2 Å². The Morgan fingerprint density at radius 1 is 0.585 bits per heavy atom. The van der Waals surface area contributed by atoms with Crippen molar-refractivity contribution in [2.24, 2.45) is 0 Å². The van der Waals surface area contributed by atoms with Crippen LogP contribution in [-0.4, -0.2) is 19.4 Å². The molecule has 53 heavy (non-hydrogen) atoms. The van der Waals surface area contributed by atoms with Gasteiger partial charge in [-0.25, -0.2) is 0 Å². The molecule has 1 unspecified atom stereocenters. The van der Waals surface area contributed by atoms with Crippen LogP contribution < -0.4 is 0 Å². The SMILES string of the molecule is CC(C)(c1[c-]cccc1)c1ccccn1.CC(c1[c-]cccc1)(c1[c-]c2c(cc1)c1cccc3c1n1c(cnc21)C(C)(C)C3(C)C)c1ccccn1.[Ir+3]. The zero-order chi connectivity index (χ0) is 36.3. The van der Waals surface area contributed by atoms with Gasteiger partial charge in [-0.3, -0.25) is 15.0 Å². The number of imidazole rings is 1. The van der Waals surface area contributed by atoms with E-state index < -0.39 is 5.41 Å². The maximum atomic E-state index is 5.04. The molecule has 8 aromatic rings. The molecule has 5 heterocycles. The van der Waals surface area contributed by atoms with E-state index in [2.05, 4.69) is 149 Å². The molecule has 0 amide bonds. The minimum atomic E-state index is -0.516. The first kappa shape index (κ1) is 36.4. The van der Waals surface area contributed by atoms with E-state index in [1.165, 1.54) is 33.1 Å². The fourth-order valence-electron chi connectivity index (χ4n) is 7.98. The second-order valence-corrected chi connectivity index (χ2v) is 15.6. The van der Waals surface area contributed by atoms with E-state index in [1.807, 2.05) is 60.9 Å². The Balaban J connectivity index is 0.000000229. The van der Waals surface area contributed by atoms with Crippen LogP contribution in [0.1, 0.15) is 87.8 Å². The number of para-hydroxylation sites is 1. The van der Waals surface area contributed by atoms with E-state index in [1.54, 1.807) is 0 Å². The fourth-order valence-corrected chi connectivity index (χ4v) is 7.98. The van der Waals surface area contributed by atoms with Crippen molar-refractivity contribution in [3.8, 4) is 0 Å². The van der Waals surface area contributed by atoms with Crippen LogP contribution in [0.25, 0.3) is 27.3 Å². The number of rotatable bonds is 5. The van der Waals surface area contributed by atoms with Crippen LogP contribution in [0.5, 0.6) is 0 Å². The van der Waals surface area contributed by atoms with Crippen LogP contribution in [0.2, 0.25) is 0 Å². The van der Waals surface area contributed by atoms with Gasteiger partial charge in [-0.05, 0) is 42.1 Å². The molecule has 0 saturated carbocycles. The van der Waals surface area contributed by atoms with Crippen LogP contribution in [0.3, 0.4) is 0 Å². The number of benzene rings is 4. The van der Waals surface area contributed by atoms with Crippen LogP contribution in [0, 0.1) is 18.2 Å². The molecule has 4 aromatic carbocycles. The summed E-state index contributed by atoms with van der Waals surface area (Å²) in [5.74, 6) is 0. The van der Waals surface area contributed by atoms with Gasteiger partial charge >= 0.3 is 20.1 Å². The predicted molar refractivity (Wildman–Crippen MR) is 212 cm³/mol. The van der Waals surface area contributed by atoms with Crippen molar-refractivity contribution in [1.29, 1.82) is 0 Å². The number of nitrogens with zero attached hydrogens (tertiary/aromatic N) is 4. The standard InChI is InChI=1S/C34H29N3.C14H14N.Ir/c1-32(2)27-15-11-14-25-24-18-17-23(20-26(24)31-36-21-29(33(32,3)4)37(31)30(25)27)34(5,22-12-7-6-8-13-22)28-16-9-10-19-35-28;1-14(2,12-8-4-3-5-9-12)13-10-6-7-11-15-13;/h6-12,14-19,21H,1-5H3;3-8,10-11H,1-2H3;/q-2;-1;+3. The molecule has 0 N–H and O–H groups in total. The minimum Gasteiger partial charge on any atom is -0.337 e. The van der Waals surface area contributed by atoms with E-state index >= 15 is 0 Å². The largest absolute Gasteiger partial charge is 3.00 e. The summed E-state index contributed by atoms with van der Waals surface area (Å²) in [6.45, 7) is 16.0. The molecule has 0 radical (unpaired) electrons. The molecule has 9 rings (SSSR count). The summed E-state index contributed by atoms with van der Waals surface area (Å²) in [4.78, 5) is 14.2. The summed E-state index contributed by atoms with van der Waals surface area (Å²) in [7, 11) is 0. The van der Waals surface area contributed by atoms with Crippen LogP contribution in [-0.2, 0) is 41.8 Å². The van der Waals surface area contributed by atoms with Crippen molar-refractivity contribution >= 4 is 27.3 Å². The Morgan fingerprint density at radius 3 is 1.85 bits per heavy atom. The third kappa shape index (κ3) is 5.64. The molecule has 0 spiro atoms. The maximum absolute atomic E-state index is 5.04. The van der Waals surface area contributed by atoms with Gasteiger partial charge in [0.15, 0.2) is 0 Å². The molecule has 1 aliphatic rings. The third-order valence-corrected chi connectivity index (χ3v) is 12.0. The zero-order valence-corrected chi connectivity index (χ0v) is 33.7. The summed E-state index contributed by atoms with van der Waals surface area (Å²) >= 11 is 0. The first-order valence-corrected chi connectivity index (χ1v) is 18.0. The first-order valence-electron chi connectivity index (χ1n) is 18.0. The molecule has 0 fully saturated rings. The molecule has 5 heteroatoms. The number of aromatic nitrogens is 4. The van der Waals surface area contributed by atoms with Crippen molar-refractivity contribution in [1.82, 2.24) is 19.4 Å². The molecule has 264 valence electrons. The van der Waals surface area contributed by atoms with E-state index in [9.17, 15) is 0 Å². The Bertz CT molecular complexity index is 2460. The van der Waals surface area contributed by atoms with Crippen LogP contribution in [0.15, 0.2) is 134 Å². The van der Waals surface area contributed by atoms with Crippen molar-refractivity contribution in [2.75, 3.05) is 0 Å². The molecule has 0 aliphatic carbocycles. The Labute approximate surface area is 326 Å². The van der Waals surface area contributed by atoms with Gasteiger partial charge in [0.05, 0.1) is 11.3 Å². The number of pyridine rings is 3. The zero-order valence-electron chi connectivity index (χ0n) is 31.3. The molecular formula is C48H43IrN4. The van der Waals surface area contributed by atoms with Gasteiger partial charge < -0.3 is 4.40 Å². The number of fused-ring (bicyclic) bond motifs is 3. The molecule has 0 saturated heterocycles. The molecule has 1 aliphatic heterocycles. The average Bonchev–Trinajstić information content (AvgIpc) is 3.65. The Hall–Kier alpha value is -4.96. The molecule has 1 atom stereocenters. The second kappa shape index (κ2) is 13.5. The summed E-state index contributed by atoms with van der Waals surface area (Å²) in [6, 6.07) is 50.2. The van der Waals surface area contributed by atoms with Crippen LogP contribution in [0.4, 0.5) is 0 Å². The Kier molecular flexibility index (Phi) is 9.25. The topological polar surface area (TPSA) is 43.1 Å². The van der Waals surface area contributed by atoms with Gasteiger partial charge in [0, 0.05) is 57.2 Å². The molecule has 4 aromatic heterocycles. The Morgan fingerprint density at radius 2 is 1.23 bits per heavy atom. The third-order valence-electron chi connectivity index (χ3n) is 12.0. The quantitative estimate of drug-likeness (QED) is 0.128. The second-order valence-electron chi connectivity index (χ2n) is 15.6. The van der Waals surface area contributed by atoms with E-state index in [0.717, 1.165) is 33.5 Å². The molecule has 0 bridgehead atoms. The van der Waals surface area contributed by atoms with Gasteiger partial charge in [0.1, 0.15) is 0 Å². The smallest absolute Gasteiger partial charge is 0.337 e. The van der Waals surface area contributed by atoms with Gasteiger partial charge in [-0.1, -0.05) is 82.6 Å². The molecular weight excluding hydrogens is 825 g/mol. The number of hydrogen-bond donors (Lipinski definition) is 0. The predicted octanol–water partition coefficient (Wildman–Crippen LogP) is 10.8. The minimum absolute atomic E-state index is 0. The maximum Gasteiger partial charge on any atom is 3.00 e. The fraction of sp³-hybridized carbons (Fsp3) is 0.229. The van der Waals surface area contributed by atoms with Gasteiger partial charge in [0.2, 0.25) is 0 Å². The molecule has 4 nitrogen and oxygen atoms in total. The van der Waals surface area contributed by atoms with Crippen molar-refractivity contribution in [3.63, 3.8) is 0 Å². The van der Waals surface area contributed by atoms with Gasteiger partial charge in [0.25, 0.3) is 0 Å². The number of hydrogen-bond acceptors (Lipinski definition) is 3. The van der Waals surface area contributed by atoms with Crippen molar-refractivity contribution in [3.05, 3.63) is 191 Å². The summed E-state index contributed by atoms with van der Waals surface area (Å²) in [6.07, 6.45) is 5.77. The summed E-state index contributed by atoms with van der Waals surface area (Å²) in [5.41, 5.74) is 9.49.